The van der Waals surface area contributed by atoms with Crippen LogP contribution in [0.4, 0.5) is 5.69 Å². The third-order valence-electron chi connectivity index (χ3n) is 5.10. The van der Waals surface area contributed by atoms with Crippen molar-refractivity contribution in [2.75, 3.05) is 18.8 Å². The first-order valence-corrected chi connectivity index (χ1v) is 8.01. The Labute approximate surface area is 121 Å². The summed E-state index contributed by atoms with van der Waals surface area (Å²) in [5, 5.41) is 10.2. The summed E-state index contributed by atoms with van der Waals surface area (Å²) in [7, 11) is 0. The van der Waals surface area contributed by atoms with Crippen molar-refractivity contribution in [2.45, 2.75) is 56.6 Å². The van der Waals surface area contributed by atoms with Crippen LogP contribution in [0.25, 0.3) is 0 Å². The molecule has 0 amide bonds. The van der Waals surface area contributed by atoms with E-state index < -0.39 is 0 Å². The molecule has 3 rings (SSSR count). The van der Waals surface area contributed by atoms with Crippen LogP contribution in [0.15, 0.2) is 24.3 Å². The molecule has 1 saturated carbocycles. The molecule has 1 aliphatic carbocycles. The lowest BCUT2D eigenvalue weighted by Gasteiger charge is -2.41. The number of hydrogen-bond acceptors (Lipinski definition) is 3. The van der Waals surface area contributed by atoms with Crippen molar-refractivity contribution in [2.24, 2.45) is 0 Å². The molecular formula is C17H26N2O. The third-order valence-corrected chi connectivity index (χ3v) is 5.10. The van der Waals surface area contributed by atoms with Crippen LogP contribution in [-0.2, 0) is 0 Å². The number of anilines is 1. The molecule has 0 spiro atoms. The molecule has 3 N–H and O–H groups in total. The number of rotatable bonds is 2. The second-order valence-electron chi connectivity index (χ2n) is 6.40. The Morgan fingerprint density at radius 2 is 1.60 bits per heavy atom. The predicted molar refractivity (Wildman–Crippen MR) is 82.7 cm³/mol. The lowest BCUT2D eigenvalue weighted by Crippen LogP contribution is -2.48. The van der Waals surface area contributed by atoms with Crippen molar-refractivity contribution in [3.63, 3.8) is 0 Å². The van der Waals surface area contributed by atoms with Gasteiger partial charge in [0.05, 0.1) is 6.10 Å². The Morgan fingerprint density at radius 1 is 0.950 bits per heavy atom. The van der Waals surface area contributed by atoms with E-state index >= 15 is 0 Å². The van der Waals surface area contributed by atoms with Gasteiger partial charge in [-0.3, -0.25) is 4.90 Å². The quantitative estimate of drug-likeness (QED) is 0.815. The zero-order valence-corrected chi connectivity index (χ0v) is 12.2. The molecule has 2 aliphatic rings. The molecule has 2 atom stereocenters. The minimum Gasteiger partial charge on any atom is -0.399 e. The second kappa shape index (κ2) is 6.15. The highest BCUT2D eigenvalue weighted by Gasteiger charge is 2.31. The molecule has 0 bridgehead atoms. The molecule has 110 valence electrons. The van der Waals surface area contributed by atoms with Crippen LogP contribution in [0, 0.1) is 0 Å². The van der Waals surface area contributed by atoms with Gasteiger partial charge in [0.1, 0.15) is 0 Å². The van der Waals surface area contributed by atoms with E-state index in [9.17, 15) is 5.11 Å². The first-order valence-electron chi connectivity index (χ1n) is 8.01. The molecule has 3 nitrogen and oxygen atoms in total. The first-order chi connectivity index (χ1) is 9.74. The minimum absolute atomic E-state index is 0.100. The Morgan fingerprint density at radius 3 is 2.25 bits per heavy atom. The summed E-state index contributed by atoms with van der Waals surface area (Å²) in [5.41, 5.74) is 8.02. The van der Waals surface area contributed by atoms with Gasteiger partial charge in [0, 0.05) is 11.7 Å². The summed E-state index contributed by atoms with van der Waals surface area (Å²) in [6.45, 7) is 2.24. The number of nitrogens with two attached hydrogens (primary N) is 1. The van der Waals surface area contributed by atoms with E-state index in [0.29, 0.717) is 12.0 Å². The topological polar surface area (TPSA) is 49.5 Å². The van der Waals surface area contributed by atoms with Gasteiger partial charge < -0.3 is 10.8 Å². The Hall–Kier alpha value is -1.06. The fraction of sp³-hybridized carbons (Fsp3) is 0.647. The molecule has 1 aromatic carbocycles. The van der Waals surface area contributed by atoms with E-state index in [4.69, 9.17) is 5.73 Å². The largest absolute Gasteiger partial charge is 0.399 e. The third kappa shape index (κ3) is 2.99. The molecule has 1 saturated heterocycles. The average molecular weight is 274 g/mol. The number of likely N-dealkylation sites (tertiary alicyclic amines) is 1. The summed E-state index contributed by atoms with van der Waals surface area (Å²) in [4.78, 5) is 2.53. The van der Waals surface area contributed by atoms with Gasteiger partial charge >= 0.3 is 0 Å². The number of benzene rings is 1. The maximum Gasteiger partial charge on any atom is 0.0695 e. The lowest BCUT2D eigenvalue weighted by atomic mass is 9.86. The molecular weight excluding hydrogens is 248 g/mol. The maximum atomic E-state index is 10.2. The van der Waals surface area contributed by atoms with Crippen LogP contribution in [0.2, 0.25) is 0 Å². The van der Waals surface area contributed by atoms with Crippen LogP contribution in [0.3, 0.4) is 0 Å². The minimum atomic E-state index is -0.100. The van der Waals surface area contributed by atoms with E-state index in [1.165, 1.54) is 37.7 Å². The van der Waals surface area contributed by atoms with Crippen molar-refractivity contribution < 1.29 is 5.11 Å². The SMILES string of the molecule is Nc1ccc(C2CCN(C3CCCCC3O)CC2)cc1. The summed E-state index contributed by atoms with van der Waals surface area (Å²) < 4.78 is 0. The van der Waals surface area contributed by atoms with Crippen LogP contribution >= 0.6 is 0 Å². The average Bonchev–Trinajstić information content (AvgIpc) is 2.49. The second-order valence-corrected chi connectivity index (χ2v) is 6.40. The summed E-state index contributed by atoms with van der Waals surface area (Å²) in [6, 6.07) is 8.77. The van der Waals surface area contributed by atoms with Gasteiger partial charge in [-0.2, -0.15) is 0 Å². The number of aliphatic hydroxyl groups is 1. The van der Waals surface area contributed by atoms with E-state index in [1.54, 1.807) is 0 Å². The van der Waals surface area contributed by atoms with Gasteiger partial charge in [0.2, 0.25) is 0 Å². The molecule has 2 unspecified atom stereocenters. The van der Waals surface area contributed by atoms with Gasteiger partial charge in [-0.25, -0.2) is 0 Å². The smallest absolute Gasteiger partial charge is 0.0695 e. The number of hydrogen-bond donors (Lipinski definition) is 2. The Bertz CT molecular complexity index is 423. The fourth-order valence-electron chi connectivity index (χ4n) is 3.85. The van der Waals surface area contributed by atoms with Gasteiger partial charge in [-0.15, -0.1) is 0 Å². The number of nitrogen functional groups attached to an aromatic ring is 1. The van der Waals surface area contributed by atoms with E-state index in [2.05, 4.69) is 17.0 Å². The predicted octanol–water partition coefficient (Wildman–Crippen LogP) is 2.75. The molecule has 0 aromatic heterocycles. The molecule has 1 heterocycles. The lowest BCUT2D eigenvalue weighted by molar-refractivity contribution is 0.00871. The van der Waals surface area contributed by atoms with E-state index in [-0.39, 0.29) is 6.10 Å². The molecule has 20 heavy (non-hydrogen) atoms. The van der Waals surface area contributed by atoms with E-state index in [0.717, 1.165) is 25.2 Å². The van der Waals surface area contributed by atoms with Gasteiger partial charge in [-0.1, -0.05) is 25.0 Å². The van der Waals surface area contributed by atoms with Crippen molar-refractivity contribution in [3.8, 4) is 0 Å². The number of aliphatic hydroxyl groups excluding tert-OH is 1. The fourth-order valence-corrected chi connectivity index (χ4v) is 3.85. The first kappa shape index (κ1) is 13.9. The van der Waals surface area contributed by atoms with Crippen LogP contribution < -0.4 is 5.73 Å². The van der Waals surface area contributed by atoms with Gasteiger partial charge in [0.25, 0.3) is 0 Å². The van der Waals surface area contributed by atoms with Crippen LogP contribution in [-0.4, -0.2) is 35.2 Å². The van der Waals surface area contributed by atoms with Crippen LogP contribution in [0.1, 0.15) is 50.0 Å². The van der Waals surface area contributed by atoms with Crippen molar-refractivity contribution >= 4 is 5.69 Å². The molecule has 1 aliphatic heterocycles. The molecule has 1 aromatic rings. The van der Waals surface area contributed by atoms with Crippen molar-refractivity contribution in [1.29, 1.82) is 0 Å². The summed E-state index contributed by atoms with van der Waals surface area (Å²) in [6.07, 6.45) is 6.94. The Kier molecular flexibility index (Phi) is 4.27. The van der Waals surface area contributed by atoms with Gasteiger partial charge in [0.15, 0.2) is 0 Å². The summed E-state index contributed by atoms with van der Waals surface area (Å²) in [5.74, 6) is 0.660. The summed E-state index contributed by atoms with van der Waals surface area (Å²) >= 11 is 0. The highest BCUT2D eigenvalue weighted by molar-refractivity contribution is 5.40. The molecule has 0 radical (unpaired) electrons. The zero-order chi connectivity index (χ0) is 13.9. The highest BCUT2D eigenvalue weighted by Crippen LogP contribution is 2.32. The maximum absolute atomic E-state index is 10.2. The number of nitrogens with zero attached hydrogens (tertiary/aromatic N) is 1. The molecule has 2 fully saturated rings. The standard InChI is InChI=1S/C17H26N2O/c18-15-7-5-13(6-8-15)14-9-11-19(12-10-14)16-3-1-2-4-17(16)20/h5-8,14,16-17,20H,1-4,9-12,18H2. The van der Waals surface area contributed by atoms with Gasteiger partial charge in [-0.05, 0) is 62.4 Å². The van der Waals surface area contributed by atoms with E-state index in [1.807, 2.05) is 12.1 Å². The monoisotopic (exact) mass is 274 g/mol. The highest BCUT2D eigenvalue weighted by atomic mass is 16.3. The Balaban J connectivity index is 1.57. The van der Waals surface area contributed by atoms with Crippen molar-refractivity contribution in [1.82, 2.24) is 4.90 Å². The zero-order valence-electron chi connectivity index (χ0n) is 12.2. The number of piperidine rings is 1. The van der Waals surface area contributed by atoms with Crippen molar-refractivity contribution in [3.05, 3.63) is 29.8 Å². The van der Waals surface area contributed by atoms with Crippen LogP contribution in [0.5, 0.6) is 0 Å². The normalized spacial score (nSPS) is 29.4. The molecule has 3 heteroatoms.